The Morgan fingerprint density at radius 2 is 1.95 bits per heavy atom. The van der Waals surface area contributed by atoms with Crippen LogP contribution in [0.2, 0.25) is 0 Å². The molecule has 0 radical (unpaired) electrons. The highest BCUT2D eigenvalue weighted by Gasteiger charge is 2.13. The van der Waals surface area contributed by atoms with Crippen LogP contribution in [0, 0.1) is 5.82 Å². The van der Waals surface area contributed by atoms with Crippen LogP contribution in [0.3, 0.4) is 0 Å². The van der Waals surface area contributed by atoms with Crippen LogP contribution in [0.1, 0.15) is 17.2 Å². The van der Waals surface area contributed by atoms with E-state index in [1.54, 1.807) is 20.4 Å². The van der Waals surface area contributed by atoms with Gasteiger partial charge in [0.15, 0.2) is 11.5 Å². The number of benzene rings is 1. The predicted molar refractivity (Wildman–Crippen MR) is 77.5 cm³/mol. The van der Waals surface area contributed by atoms with Gasteiger partial charge in [-0.15, -0.1) is 0 Å². The van der Waals surface area contributed by atoms with Crippen molar-refractivity contribution < 1.29 is 13.9 Å². The number of aromatic nitrogens is 1. The molecule has 1 aromatic carbocycles. The molecule has 1 heterocycles. The van der Waals surface area contributed by atoms with Crippen molar-refractivity contribution in [3.05, 3.63) is 53.6 Å². The number of ether oxygens (including phenoxy) is 2. The van der Waals surface area contributed by atoms with Gasteiger partial charge in [-0.3, -0.25) is 16.3 Å². The number of nitrogens with two attached hydrogens (primary N) is 1. The van der Waals surface area contributed by atoms with E-state index in [0.29, 0.717) is 23.5 Å². The Balaban J connectivity index is 2.22. The van der Waals surface area contributed by atoms with Crippen molar-refractivity contribution in [2.24, 2.45) is 5.84 Å². The largest absolute Gasteiger partial charge is 0.493 e. The number of methoxy groups -OCH3 is 2. The number of hydrogen-bond donors (Lipinski definition) is 2. The zero-order chi connectivity index (χ0) is 15.2. The zero-order valence-electron chi connectivity index (χ0n) is 12.0. The molecule has 3 N–H and O–H groups in total. The van der Waals surface area contributed by atoms with Gasteiger partial charge in [-0.2, -0.15) is 0 Å². The Morgan fingerprint density at radius 3 is 2.57 bits per heavy atom. The Bertz CT molecular complexity index is 607. The van der Waals surface area contributed by atoms with Gasteiger partial charge in [0, 0.05) is 6.20 Å². The third kappa shape index (κ3) is 3.68. The van der Waals surface area contributed by atoms with Gasteiger partial charge in [0.05, 0.1) is 26.5 Å². The molecular weight excluding hydrogens is 273 g/mol. The Labute approximate surface area is 122 Å². The van der Waals surface area contributed by atoms with Crippen molar-refractivity contribution >= 4 is 0 Å². The Hall–Kier alpha value is -2.18. The second kappa shape index (κ2) is 7.01. The third-order valence-corrected chi connectivity index (χ3v) is 3.22. The van der Waals surface area contributed by atoms with Crippen LogP contribution < -0.4 is 20.7 Å². The third-order valence-electron chi connectivity index (χ3n) is 3.22. The van der Waals surface area contributed by atoms with Crippen LogP contribution in [0.25, 0.3) is 0 Å². The van der Waals surface area contributed by atoms with Crippen molar-refractivity contribution in [1.29, 1.82) is 0 Å². The summed E-state index contributed by atoms with van der Waals surface area (Å²) in [6.07, 6.45) is 3.32. The van der Waals surface area contributed by atoms with Crippen molar-refractivity contribution in [3.63, 3.8) is 0 Å². The van der Waals surface area contributed by atoms with E-state index in [9.17, 15) is 4.39 Å². The Morgan fingerprint density at radius 1 is 1.19 bits per heavy atom. The lowest BCUT2D eigenvalue weighted by Crippen LogP contribution is -2.29. The van der Waals surface area contributed by atoms with Crippen molar-refractivity contribution in [2.75, 3.05) is 14.2 Å². The van der Waals surface area contributed by atoms with Gasteiger partial charge in [-0.25, -0.2) is 4.39 Å². The molecule has 0 spiro atoms. The minimum atomic E-state index is -0.389. The quantitative estimate of drug-likeness (QED) is 0.629. The molecule has 0 saturated heterocycles. The van der Waals surface area contributed by atoms with Crippen LogP contribution in [-0.2, 0) is 6.42 Å². The van der Waals surface area contributed by atoms with Crippen LogP contribution in [0.4, 0.5) is 4.39 Å². The highest BCUT2D eigenvalue weighted by Crippen LogP contribution is 2.29. The van der Waals surface area contributed by atoms with Crippen LogP contribution in [0.15, 0.2) is 36.7 Å². The Kier molecular flexibility index (Phi) is 5.08. The van der Waals surface area contributed by atoms with Gasteiger partial charge in [-0.05, 0) is 35.7 Å². The molecule has 0 aliphatic heterocycles. The highest BCUT2D eigenvalue weighted by molar-refractivity contribution is 5.43. The molecule has 21 heavy (non-hydrogen) atoms. The number of pyridine rings is 1. The molecule has 0 amide bonds. The number of hydrogen-bond acceptors (Lipinski definition) is 5. The molecule has 6 heteroatoms. The average Bonchev–Trinajstić information content (AvgIpc) is 2.52. The van der Waals surface area contributed by atoms with E-state index in [1.165, 1.54) is 6.07 Å². The first kappa shape index (κ1) is 15.2. The summed E-state index contributed by atoms with van der Waals surface area (Å²) in [6.45, 7) is 0. The first-order chi connectivity index (χ1) is 10.2. The summed E-state index contributed by atoms with van der Waals surface area (Å²) in [5.41, 5.74) is 4.35. The molecule has 112 valence electrons. The van der Waals surface area contributed by atoms with Gasteiger partial charge in [0.25, 0.3) is 0 Å². The molecule has 0 saturated carbocycles. The first-order valence-electron chi connectivity index (χ1n) is 6.45. The second-order valence-corrected chi connectivity index (χ2v) is 4.55. The average molecular weight is 291 g/mol. The fourth-order valence-corrected chi connectivity index (χ4v) is 2.14. The summed E-state index contributed by atoms with van der Waals surface area (Å²) < 4.78 is 23.7. The summed E-state index contributed by atoms with van der Waals surface area (Å²) in [6, 6.07) is 6.78. The standard InChI is InChI=1S/C15H18FN3O2/c1-20-14-4-3-10(6-15(14)21-2)5-13(19-17)11-7-12(16)9-18-8-11/h3-4,6-9,13,19H,5,17H2,1-2H3. The van der Waals surface area contributed by atoms with Gasteiger partial charge >= 0.3 is 0 Å². The van der Waals surface area contributed by atoms with E-state index in [1.807, 2.05) is 18.2 Å². The maximum atomic E-state index is 13.3. The molecular formula is C15H18FN3O2. The molecule has 0 aliphatic carbocycles. The molecule has 1 unspecified atom stereocenters. The summed E-state index contributed by atoms with van der Waals surface area (Å²) in [5.74, 6) is 6.48. The maximum Gasteiger partial charge on any atom is 0.160 e. The first-order valence-corrected chi connectivity index (χ1v) is 6.45. The molecule has 1 atom stereocenters. The highest BCUT2D eigenvalue weighted by atomic mass is 19.1. The number of hydrazine groups is 1. The minimum absolute atomic E-state index is 0.244. The van der Waals surface area contributed by atoms with E-state index in [2.05, 4.69) is 10.4 Å². The SMILES string of the molecule is COc1ccc(CC(NN)c2cncc(F)c2)cc1OC. The summed E-state index contributed by atoms with van der Waals surface area (Å²) in [7, 11) is 3.16. The van der Waals surface area contributed by atoms with Crippen LogP contribution in [-0.4, -0.2) is 19.2 Å². The fourth-order valence-electron chi connectivity index (χ4n) is 2.14. The van der Waals surface area contributed by atoms with E-state index in [0.717, 1.165) is 11.8 Å². The van der Waals surface area contributed by atoms with Gasteiger partial charge < -0.3 is 9.47 Å². The smallest absolute Gasteiger partial charge is 0.160 e. The summed E-state index contributed by atoms with van der Waals surface area (Å²) in [5, 5.41) is 0. The lowest BCUT2D eigenvalue weighted by Gasteiger charge is -2.17. The molecule has 2 aromatic rings. The van der Waals surface area contributed by atoms with Crippen LogP contribution in [0.5, 0.6) is 11.5 Å². The van der Waals surface area contributed by atoms with Crippen molar-refractivity contribution in [3.8, 4) is 11.5 Å². The monoisotopic (exact) mass is 291 g/mol. The summed E-state index contributed by atoms with van der Waals surface area (Å²) >= 11 is 0. The van der Waals surface area contributed by atoms with E-state index in [4.69, 9.17) is 15.3 Å². The molecule has 2 rings (SSSR count). The predicted octanol–water partition coefficient (Wildman–Crippen LogP) is 1.99. The van der Waals surface area contributed by atoms with Gasteiger partial charge in [0.2, 0.25) is 0 Å². The van der Waals surface area contributed by atoms with E-state index < -0.39 is 0 Å². The molecule has 0 aliphatic rings. The van der Waals surface area contributed by atoms with E-state index >= 15 is 0 Å². The molecule has 0 fully saturated rings. The number of rotatable bonds is 6. The normalized spacial score (nSPS) is 12.0. The van der Waals surface area contributed by atoms with Crippen LogP contribution >= 0.6 is 0 Å². The molecule has 0 bridgehead atoms. The second-order valence-electron chi connectivity index (χ2n) is 4.55. The molecule has 5 nitrogen and oxygen atoms in total. The molecule has 1 aromatic heterocycles. The summed E-state index contributed by atoms with van der Waals surface area (Å²) in [4.78, 5) is 3.84. The van der Waals surface area contributed by atoms with E-state index in [-0.39, 0.29) is 11.9 Å². The lowest BCUT2D eigenvalue weighted by molar-refractivity contribution is 0.354. The maximum absolute atomic E-state index is 13.3. The van der Waals surface area contributed by atoms with Crippen molar-refractivity contribution in [1.82, 2.24) is 10.4 Å². The topological polar surface area (TPSA) is 69.4 Å². The number of nitrogens with one attached hydrogen (secondary N) is 1. The number of halogens is 1. The van der Waals surface area contributed by atoms with Gasteiger partial charge in [-0.1, -0.05) is 6.07 Å². The zero-order valence-corrected chi connectivity index (χ0v) is 12.0. The lowest BCUT2D eigenvalue weighted by atomic mass is 10.0. The number of nitrogens with zero attached hydrogens (tertiary/aromatic N) is 1. The minimum Gasteiger partial charge on any atom is -0.493 e. The fraction of sp³-hybridized carbons (Fsp3) is 0.267. The van der Waals surface area contributed by atoms with Gasteiger partial charge in [0.1, 0.15) is 5.82 Å². The van der Waals surface area contributed by atoms with Crippen molar-refractivity contribution in [2.45, 2.75) is 12.5 Å².